The topological polar surface area (TPSA) is 55.1 Å². The van der Waals surface area contributed by atoms with Crippen molar-refractivity contribution >= 4 is 16.8 Å². The summed E-state index contributed by atoms with van der Waals surface area (Å²) in [5.74, 6) is 0.868. The Hall–Kier alpha value is -5.05. The minimum absolute atomic E-state index is 0. The van der Waals surface area contributed by atoms with Crippen molar-refractivity contribution in [3.63, 3.8) is 0 Å². The van der Waals surface area contributed by atoms with Crippen LogP contribution in [0.2, 0.25) is 0 Å². The maximum Gasteiger partial charge on any atom is 0.148 e. The minimum atomic E-state index is -0.350. The van der Waals surface area contributed by atoms with Gasteiger partial charge in [0.15, 0.2) is 0 Å². The number of phenolic OH excluding ortho intramolecular Hbond substituents is 1. The van der Waals surface area contributed by atoms with Crippen molar-refractivity contribution in [1.29, 1.82) is 0 Å². The molecule has 0 radical (unpaired) electrons. The molecule has 1 N–H and O–H groups in total. The number of hydrogen-bond acceptors (Lipinski definition) is 3. The van der Waals surface area contributed by atoms with Gasteiger partial charge in [-0.25, -0.2) is 4.98 Å². The zero-order chi connectivity index (χ0) is 37.4. The predicted molar refractivity (Wildman–Crippen MR) is 217 cm³/mol. The van der Waals surface area contributed by atoms with E-state index in [0.29, 0.717) is 17.0 Å². The first-order valence-corrected chi connectivity index (χ1v) is 18.4. The number of phenols is 1. The molecule has 8 rings (SSSR count). The Morgan fingerprint density at radius 2 is 1.31 bits per heavy atom. The largest absolute Gasteiger partial charge is 0.507 e. The number of ketones is 1. The first-order valence-electron chi connectivity index (χ1n) is 18.4. The summed E-state index contributed by atoms with van der Waals surface area (Å²) in [6, 6.07) is 44.9. The first-order chi connectivity index (χ1) is 25.2. The molecule has 4 nitrogen and oxygen atoms in total. The molecule has 1 aliphatic rings. The monoisotopic (exact) mass is 888 g/mol. The van der Waals surface area contributed by atoms with Gasteiger partial charge in [-0.3, -0.25) is 4.57 Å². The molecule has 1 heterocycles. The molecule has 0 fully saturated rings. The van der Waals surface area contributed by atoms with Gasteiger partial charge in [-0.1, -0.05) is 163 Å². The molecule has 54 heavy (non-hydrogen) atoms. The molecule has 0 aliphatic heterocycles. The van der Waals surface area contributed by atoms with Gasteiger partial charge in [0, 0.05) is 32.2 Å². The average molecular weight is 889 g/mol. The summed E-state index contributed by atoms with van der Waals surface area (Å²) in [5, 5.41) is 12.2. The van der Waals surface area contributed by atoms with E-state index in [-0.39, 0.29) is 48.8 Å². The van der Waals surface area contributed by atoms with E-state index in [9.17, 15) is 9.90 Å². The predicted octanol–water partition coefficient (Wildman–Crippen LogP) is 12.0. The van der Waals surface area contributed by atoms with Gasteiger partial charge in [0.2, 0.25) is 0 Å². The molecule has 5 heteroatoms. The standard InChI is InChI=1S/C49H45N2O2.Pt/c1-47(2,3)32-28-37(45(53)40(29-32)48(4,5)6)46-50-43-34(31-25-26-39-36(27-31)44(52)35-20-12-14-22-38(35)49(39,7)8)21-16-24-42(43)51(46)41-23-15-13-19-33(41)30-17-10-9-11-18-30;/h9-26,28-29,53H,1-8H3;/q-1;. The summed E-state index contributed by atoms with van der Waals surface area (Å²) < 4.78 is 2.19. The molecular weight excluding hydrogens is 844 g/mol. The number of hydrogen-bond donors (Lipinski definition) is 1. The second kappa shape index (κ2) is 13.4. The number of aromatic nitrogens is 2. The van der Waals surface area contributed by atoms with Crippen molar-refractivity contribution in [2.45, 2.75) is 71.6 Å². The van der Waals surface area contributed by atoms with Crippen LogP contribution in [0.5, 0.6) is 5.75 Å². The zero-order valence-corrected chi connectivity index (χ0v) is 34.4. The van der Waals surface area contributed by atoms with Crippen LogP contribution in [0.1, 0.15) is 93.6 Å². The van der Waals surface area contributed by atoms with Crippen molar-refractivity contribution in [3.8, 4) is 45.1 Å². The number of rotatable bonds is 4. The number of carbonyl (C=O) groups is 1. The molecule has 7 aromatic rings. The average Bonchev–Trinajstić information content (AvgIpc) is 3.53. The number of aromatic hydroxyl groups is 1. The van der Waals surface area contributed by atoms with E-state index in [1.807, 2.05) is 30.3 Å². The molecular formula is C49H45N2O2Pt-. The van der Waals surface area contributed by atoms with Gasteiger partial charge in [0.25, 0.3) is 0 Å². The van der Waals surface area contributed by atoms with Crippen LogP contribution in [0, 0.1) is 6.07 Å². The van der Waals surface area contributed by atoms with Crippen LogP contribution in [0.25, 0.3) is 50.4 Å². The number of carbonyl (C=O) groups excluding carboxylic acids is 1. The summed E-state index contributed by atoms with van der Waals surface area (Å²) >= 11 is 0. The van der Waals surface area contributed by atoms with Crippen LogP contribution in [-0.2, 0) is 37.3 Å². The van der Waals surface area contributed by atoms with Gasteiger partial charge < -0.3 is 9.90 Å². The van der Waals surface area contributed by atoms with Crippen LogP contribution in [0.15, 0.2) is 121 Å². The molecule has 0 saturated carbocycles. The Morgan fingerprint density at radius 1 is 0.667 bits per heavy atom. The zero-order valence-electron chi connectivity index (χ0n) is 32.1. The van der Waals surface area contributed by atoms with E-state index in [1.54, 1.807) is 0 Å². The number of fused-ring (bicyclic) bond motifs is 3. The second-order valence-electron chi connectivity index (χ2n) is 16.9. The summed E-state index contributed by atoms with van der Waals surface area (Å²) in [7, 11) is 0. The SMILES string of the molecule is CC(C)(C)c1cc(-c2nc3c(-c4[c-]c5c(cc4)C(C)(C)c4ccccc4C5=O)cccc3n2-c2ccccc2-c2ccccc2)c(O)c(C(C)(C)C)c1.[Pt]. The molecule has 1 aromatic heterocycles. The Morgan fingerprint density at radius 3 is 2.02 bits per heavy atom. The van der Waals surface area contributed by atoms with Gasteiger partial charge in [0.1, 0.15) is 17.4 Å². The molecule has 1 aliphatic carbocycles. The number of benzene rings is 6. The second-order valence-corrected chi connectivity index (χ2v) is 16.9. The van der Waals surface area contributed by atoms with Crippen molar-refractivity contribution in [2.75, 3.05) is 0 Å². The fourth-order valence-electron chi connectivity index (χ4n) is 7.94. The third-order valence-corrected chi connectivity index (χ3v) is 10.9. The van der Waals surface area contributed by atoms with E-state index < -0.39 is 0 Å². The molecule has 6 aromatic carbocycles. The van der Waals surface area contributed by atoms with E-state index in [1.165, 1.54) is 0 Å². The molecule has 0 unspecified atom stereocenters. The van der Waals surface area contributed by atoms with E-state index in [4.69, 9.17) is 4.98 Å². The van der Waals surface area contributed by atoms with E-state index >= 15 is 0 Å². The maximum atomic E-state index is 14.0. The Labute approximate surface area is 333 Å². The summed E-state index contributed by atoms with van der Waals surface area (Å²) in [4.78, 5) is 19.5. The van der Waals surface area contributed by atoms with Gasteiger partial charge in [0.05, 0.1) is 22.3 Å². The van der Waals surface area contributed by atoms with Crippen molar-refractivity contribution < 1.29 is 31.0 Å². The summed E-state index contributed by atoms with van der Waals surface area (Å²) in [6.07, 6.45) is 0. The third kappa shape index (κ3) is 6.05. The van der Waals surface area contributed by atoms with Crippen LogP contribution in [0.4, 0.5) is 0 Å². The number of para-hydroxylation sites is 2. The van der Waals surface area contributed by atoms with Crippen LogP contribution in [0.3, 0.4) is 0 Å². The van der Waals surface area contributed by atoms with Crippen molar-refractivity contribution in [1.82, 2.24) is 9.55 Å². The maximum absolute atomic E-state index is 14.0. The quantitative estimate of drug-likeness (QED) is 0.179. The molecule has 0 spiro atoms. The first kappa shape index (κ1) is 37.3. The van der Waals surface area contributed by atoms with E-state index in [2.05, 4.69) is 157 Å². The number of imidazole rings is 1. The van der Waals surface area contributed by atoms with Crippen LogP contribution >= 0.6 is 0 Å². The molecule has 274 valence electrons. The fourth-order valence-corrected chi connectivity index (χ4v) is 7.94. The van der Waals surface area contributed by atoms with Crippen LogP contribution in [-0.4, -0.2) is 20.4 Å². The summed E-state index contributed by atoms with van der Waals surface area (Å²) in [6.45, 7) is 17.4. The van der Waals surface area contributed by atoms with Gasteiger partial charge in [-0.2, -0.15) is 0 Å². The minimum Gasteiger partial charge on any atom is -0.507 e. The smallest absolute Gasteiger partial charge is 0.148 e. The Bertz CT molecular complexity index is 2580. The fraction of sp³-hybridized carbons (Fsp3) is 0.224. The number of nitrogens with zero attached hydrogens (tertiary/aromatic N) is 2. The summed E-state index contributed by atoms with van der Waals surface area (Å²) in [5.41, 5.74) is 11.6. The van der Waals surface area contributed by atoms with Crippen molar-refractivity contribution in [2.24, 2.45) is 0 Å². The Kier molecular flexibility index (Phi) is 9.22. The Balaban J connectivity index is 0.00000450. The molecule has 0 amide bonds. The van der Waals surface area contributed by atoms with Crippen LogP contribution < -0.4 is 0 Å². The van der Waals surface area contributed by atoms with Crippen molar-refractivity contribution in [3.05, 3.63) is 161 Å². The molecule has 0 bridgehead atoms. The normalized spacial score (nSPS) is 13.7. The van der Waals surface area contributed by atoms with Gasteiger partial charge in [-0.15, -0.1) is 23.8 Å². The van der Waals surface area contributed by atoms with Gasteiger partial charge in [-0.05, 0) is 56.7 Å². The van der Waals surface area contributed by atoms with Gasteiger partial charge >= 0.3 is 0 Å². The molecule has 0 saturated heterocycles. The van der Waals surface area contributed by atoms with E-state index in [0.717, 1.165) is 66.8 Å². The third-order valence-electron chi connectivity index (χ3n) is 10.9. The molecule has 0 atom stereocenters.